The fourth-order valence-electron chi connectivity index (χ4n) is 2.47. The number of carboxylic acids is 2. The van der Waals surface area contributed by atoms with Crippen LogP contribution in [0.3, 0.4) is 0 Å². The minimum atomic E-state index is -1.08. The van der Waals surface area contributed by atoms with Gasteiger partial charge in [0.2, 0.25) is 0 Å². The molecule has 0 amide bonds. The van der Waals surface area contributed by atoms with Gasteiger partial charge in [-0.2, -0.15) is 0 Å². The Labute approximate surface area is 120 Å². The molecule has 1 aromatic rings. The Hall–Kier alpha value is -2.08. The third kappa shape index (κ3) is 2.12. The van der Waals surface area contributed by atoms with E-state index in [1.54, 1.807) is 37.9 Å². The van der Waals surface area contributed by atoms with Crippen molar-refractivity contribution in [1.82, 2.24) is 4.90 Å². The molecule has 5 nitrogen and oxygen atoms in total. The van der Waals surface area contributed by atoms with Crippen molar-refractivity contribution in [3.8, 4) is 0 Å². The summed E-state index contributed by atoms with van der Waals surface area (Å²) in [7, 11) is 1.68. The molecule has 6 heteroatoms. The first-order valence-electron chi connectivity index (χ1n) is 6.01. The van der Waals surface area contributed by atoms with Crippen LogP contribution in [0, 0.1) is 0 Å². The molecule has 0 atom stereocenters. The van der Waals surface area contributed by atoms with Crippen LogP contribution >= 0.6 is 11.3 Å². The minimum Gasteiger partial charge on any atom is -0.478 e. The maximum Gasteiger partial charge on any atom is 0.334 e. The zero-order valence-electron chi connectivity index (χ0n) is 11.4. The second-order valence-corrected chi connectivity index (χ2v) is 5.60. The molecule has 0 saturated carbocycles. The second kappa shape index (κ2) is 5.13. The van der Waals surface area contributed by atoms with Crippen molar-refractivity contribution < 1.29 is 19.8 Å². The van der Waals surface area contributed by atoms with Crippen molar-refractivity contribution in [3.05, 3.63) is 44.9 Å². The Balaban J connectivity index is 2.72. The van der Waals surface area contributed by atoms with Crippen LogP contribution in [0.15, 0.2) is 40.1 Å². The molecule has 1 aliphatic heterocycles. The molecule has 2 N–H and O–H groups in total. The van der Waals surface area contributed by atoms with E-state index >= 15 is 0 Å². The van der Waals surface area contributed by atoms with Crippen LogP contribution in [0.5, 0.6) is 0 Å². The first kappa shape index (κ1) is 14.3. The Bertz CT molecular complexity index is 590. The van der Waals surface area contributed by atoms with Gasteiger partial charge in [-0.05, 0) is 25.3 Å². The lowest BCUT2D eigenvalue weighted by Gasteiger charge is -2.34. The molecular weight excluding hydrogens is 278 g/mol. The fraction of sp³-hybridized carbons (Fsp3) is 0.286. The van der Waals surface area contributed by atoms with Crippen LogP contribution in [0.4, 0.5) is 0 Å². The molecule has 106 valence electrons. The molecule has 0 spiro atoms. The van der Waals surface area contributed by atoms with Gasteiger partial charge >= 0.3 is 11.9 Å². The smallest absolute Gasteiger partial charge is 0.334 e. The summed E-state index contributed by atoms with van der Waals surface area (Å²) in [6.07, 6.45) is 0. The molecule has 0 bridgehead atoms. The van der Waals surface area contributed by atoms with E-state index in [2.05, 4.69) is 0 Å². The molecule has 0 aliphatic carbocycles. The van der Waals surface area contributed by atoms with Crippen LogP contribution in [0.2, 0.25) is 0 Å². The van der Waals surface area contributed by atoms with Crippen LogP contribution in [0.1, 0.15) is 24.6 Å². The van der Waals surface area contributed by atoms with Crippen molar-refractivity contribution in [1.29, 1.82) is 0 Å². The van der Waals surface area contributed by atoms with E-state index in [1.807, 2.05) is 5.38 Å². The highest BCUT2D eigenvalue weighted by Gasteiger charge is 2.38. The standard InChI is InChI=1S/C14H15NO4S/c1-7-10(13(16)17)12(9-5-4-6-20-9)11(14(18)19)8(2)15(7)3/h4-6,12H,1-3H3,(H,16,17)(H,18,19). The summed E-state index contributed by atoms with van der Waals surface area (Å²) in [6, 6.07) is 3.56. The Morgan fingerprint density at radius 1 is 1.15 bits per heavy atom. The number of thiophene rings is 1. The van der Waals surface area contributed by atoms with Gasteiger partial charge in [-0.15, -0.1) is 11.3 Å². The number of carbonyl (C=O) groups is 2. The topological polar surface area (TPSA) is 77.8 Å². The number of nitrogens with zero attached hydrogens (tertiary/aromatic N) is 1. The number of hydrogen-bond donors (Lipinski definition) is 2. The summed E-state index contributed by atoms with van der Waals surface area (Å²) in [5, 5.41) is 20.8. The van der Waals surface area contributed by atoms with Crippen LogP contribution in [-0.2, 0) is 9.59 Å². The fourth-order valence-corrected chi connectivity index (χ4v) is 3.31. The minimum absolute atomic E-state index is 0.123. The van der Waals surface area contributed by atoms with Crippen LogP contribution < -0.4 is 0 Å². The predicted molar refractivity (Wildman–Crippen MR) is 75.5 cm³/mol. The zero-order chi connectivity index (χ0) is 15.0. The van der Waals surface area contributed by atoms with Crippen molar-refractivity contribution in [3.63, 3.8) is 0 Å². The monoisotopic (exact) mass is 293 g/mol. The van der Waals surface area contributed by atoms with E-state index < -0.39 is 17.9 Å². The summed E-state index contributed by atoms with van der Waals surface area (Å²) < 4.78 is 0. The molecule has 0 saturated heterocycles. The summed E-state index contributed by atoms with van der Waals surface area (Å²) in [5.74, 6) is -2.89. The Morgan fingerprint density at radius 3 is 2.00 bits per heavy atom. The Kier molecular flexibility index (Phi) is 3.67. The molecular formula is C14H15NO4S. The molecule has 0 unspecified atom stereocenters. The molecule has 0 radical (unpaired) electrons. The van der Waals surface area contributed by atoms with Gasteiger partial charge in [0.1, 0.15) is 0 Å². The normalized spacial score (nSPS) is 16.9. The van der Waals surface area contributed by atoms with Crippen molar-refractivity contribution in [2.75, 3.05) is 7.05 Å². The third-order valence-corrected chi connectivity index (χ3v) is 4.59. The molecule has 1 aliphatic rings. The molecule has 1 aromatic heterocycles. The highest BCUT2D eigenvalue weighted by atomic mass is 32.1. The average Bonchev–Trinajstić information content (AvgIpc) is 2.87. The highest BCUT2D eigenvalue weighted by molar-refractivity contribution is 7.10. The SMILES string of the molecule is CC1=C(C(=O)O)C(c2cccs2)C(C(=O)O)=C(C)N1C. The van der Waals surface area contributed by atoms with Crippen molar-refractivity contribution in [2.45, 2.75) is 19.8 Å². The largest absolute Gasteiger partial charge is 0.478 e. The lowest BCUT2D eigenvalue weighted by atomic mass is 9.83. The van der Waals surface area contributed by atoms with E-state index in [4.69, 9.17) is 0 Å². The van der Waals surface area contributed by atoms with Gasteiger partial charge in [0.15, 0.2) is 0 Å². The third-order valence-electron chi connectivity index (χ3n) is 3.65. The van der Waals surface area contributed by atoms with E-state index in [9.17, 15) is 19.8 Å². The van der Waals surface area contributed by atoms with Crippen LogP contribution in [-0.4, -0.2) is 34.1 Å². The molecule has 2 rings (SSSR count). The van der Waals surface area contributed by atoms with Gasteiger partial charge in [-0.1, -0.05) is 6.07 Å². The Morgan fingerprint density at radius 2 is 1.65 bits per heavy atom. The first-order valence-corrected chi connectivity index (χ1v) is 6.89. The number of aliphatic carboxylic acids is 2. The van der Waals surface area contributed by atoms with E-state index in [0.717, 1.165) is 4.88 Å². The second-order valence-electron chi connectivity index (χ2n) is 4.62. The maximum absolute atomic E-state index is 11.6. The molecule has 20 heavy (non-hydrogen) atoms. The van der Waals surface area contributed by atoms with Gasteiger partial charge in [-0.3, -0.25) is 0 Å². The van der Waals surface area contributed by atoms with Gasteiger partial charge in [0, 0.05) is 23.3 Å². The molecule has 2 heterocycles. The van der Waals surface area contributed by atoms with Gasteiger partial charge in [0.25, 0.3) is 0 Å². The van der Waals surface area contributed by atoms with E-state index in [-0.39, 0.29) is 11.1 Å². The number of carboxylic acid groups (broad SMARTS) is 2. The molecule has 0 aromatic carbocycles. The molecule has 0 fully saturated rings. The van der Waals surface area contributed by atoms with Crippen molar-refractivity contribution >= 4 is 23.3 Å². The van der Waals surface area contributed by atoms with Gasteiger partial charge in [0.05, 0.1) is 17.1 Å². The number of hydrogen-bond acceptors (Lipinski definition) is 4. The lowest BCUT2D eigenvalue weighted by molar-refractivity contribution is -0.133. The summed E-state index contributed by atoms with van der Waals surface area (Å²) in [5.41, 5.74) is 1.38. The lowest BCUT2D eigenvalue weighted by Crippen LogP contribution is -2.31. The predicted octanol–water partition coefficient (Wildman–Crippen LogP) is 2.49. The number of rotatable bonds is 3. The van der Waals surface area contributed by atoms with Gasteiger partial charge < -0.3 is 15.1 Å². The van der Waals surface area contributed by atoms with Crippen molar-refractivity contribution in [2.24, 2.45) is 0 Å². The highest BCUT2D eigenvalue weighted by Crippen LogP contribution is 2.42. The van der Waals surface area contributed by atoms with Crippen LogP contribution in [0.25, 0.3) is 0 Å². The van der Waals surface area contributed by atoms with Gasteiger partial charge in [-0.25, -0.2) is 9.59 Å². The summed E-state index contributed by atoms with van der Waals surface area (Å²) >= 11 is 1.36. The van der Waals surface area contributed by atoms with E-state index in [1.165, 1.54) is 11.3 Å². The zero-order valence-corrected chi connectivity index (χ0v) is 12.2. The average molecular weight is 293 g/mol. The number of allylic oxidation sites excluding steroid dienone is 2. The summed E-state index contributed by atoms with van der Waals surface area (Å²) in [6.45, 7) is 3.40. The quantitative estimate of drug-likeness (QED) is 0.895. The summed E-state index contributed by atoms with van der Waals surface area (Å²) in [4.78, 5) is 25.5. The maximum atomic E-state index is 11.6. The first-order chi connectivity index (χ1) is 9.36. The van der Waals surface area contributed by atoms with E-state index in [0.29, 0.717) is 11.4 Å².